The number of nitrogens with two attached hydrogens (primary N) is 1. The first-order valence-corrected chi connectivity index (χ1v) is 9.79. The third-order valence-electron chi connectivity index (χ3n) is 4.54. The smallest absolute Gasteiger partial charge is 0.238 e. The van der Waals surface area contributed by atoms with Crippen molar-refractivity contribution >= 4 is 38.2 Å². The van der Waals surface area contributed by atoms with Crippen LogP contribution >= 0.6 is 11.6 Å². The second-order valence-electron chi connectivity index (χ2n) is 6.11. The van der Waals surface area contributed by atoms with E-state index >= 15 is 0 Å². The van der Waals surface area contributed by atoms with Crippen LogP contribution in [-0.2, 0) is 23.0 Å². The summed E-state index contributed by atoms with van der Waals surface area (Å²) < 4.78 is 23.1. The maximum absolute atomic E-state index is 11.5. The highest BCUT2D eigenvalue weighted by Crippen LogP contribution is 2.33. The van der Waals surface area contributed by atoms with Crippen molar-refractivity contribution in [2.45, 2.75) is 17.9 Å². The van der Waals surface area contributed by atoms with Crippen LogP contribution in [0, 0.1) is 0 Å². The van der Waals surface area contributed by atoms with Gasteiger partial charge in [-0.15, -0.1) is 0 Å². The third-order valence-corrected chi connectivity index (χ3v) is 5.81. The molecule has 0 aliphatic carbocycles. The predicted molar refractivity (Wildman–Crippen MR) is 99.3 cm³/mol. The molecule has 7 heteroatoms. The molecule has 25 heavy (non-hydrogen) atoms. The molecule has 0 saturated heterocycles. The third kappa shape index (κ3) is 2.97. The number of halogens is 1. The Bertz CT molecular complexity index is 1080. The van der Waals surface area contributed by atoms with E-state index in [0.717, 1.165) is 40.7 Å². The van der Waals surface area contributed by atoms with E-state index in [1.165, 1.54) is 0 Å². The van der Waals surface area contributed by atoms with Gasteiger partial charge in [-0.1, -0.05) is 23.7 Å². The largest absolute Gasteiger partial charge is 0.367 e. The molecule has 0 bridgehead atoms. The number of pyridine rings is 1. The van der Waals surface area contributed by atoms with Crippen LogP contribution in [0.3, 0.4) is 0 Å². The number of sulfonamides is 1. The van der Waals surface area contributed by atoms with Crippen LogP contribution in [0.2, 0.25) is 5.02 Å². The van der Waals surface area contributed by atoms with Crippen molar-refractivity contribution in [3.63, 3.8) is 0 Å². The second-order valence-corrected chi connectivity index (χ2v) is 8.08. The number of hydrogen-bond acceptors (Lipinski definition) is 4. The minimum Gasteiger partial charge on any atom is -0.367 e. The molecule has 0 radical (unpaired) electrons. The van der Waals surface area contributed by atoms with Crippen LogP contribution < -0.4 is 10.0 Å². The number of anilines is 1. The summed E-state index contributed by atoms with van der Waals surface area (Å²) in [5.41, 5.74) is 3.86. The highest BCUT2D eigenvalue weighted by atomic mass is 35.5. The number of rotatable bonds is 3. The molecule has 2 N–H and O–H groups in total. The lowest BCUT2D eigenvalue weighted by Gasteiger charge is -2.21. The Hall–Kier alpha value is -2.15. The average Bonchev–Trinajstić information content (AvgIpc) is 2.99. The highest BCUT2D eigenvalue weighted by Gasteiger charge is 2.23. The van der Waals surface area contributed by atoms with Gasteiger partial charge in [-0.2, -0.15) is 0 Å². The maximum atomic E-state index is 11.5. The molecule has 0 fully saturated rings. The summed E-state index contributed by atoms with van der Waals surface area (Å²) in [5.74, 6) is 0. The molecule has 1 aliphatic rings. The fraction of sp³-hybridized carbons (Fsp3) is 0.167. The second kappa shape index (κ2) is 5.98. The zero-order valence-corrected chi connectivity index (χ0v) is 14.9. The van der Waals surface area contributed by atoms with E-state index in [9.17, 15) is 8.42 Å². The van der Waals surface area contributed by atoms with Gasteiger partial charge in [0.25, 0.3) is 0 Å². The van der Waals surface area contributed by atoms with Gasteiger partial charge in [-0.3, -0.25) is 4.98 Å². The molecular formula is C18H16ClN3O2S. The van der Waals surface area contributed by atoms with Gasteiger partial charge in [0.2, 0.25) is 10.0 Å². The molecule has 0 amide bonds. The van der Waals surface area contributed by atoms with Crippen molar-refractivity contribution in [3.8, 4) is 0 Å². The molecule has 1 aromatic heterocycles. The molecule has 1 aliphatic heterocycles. The Labute approximate surface area is 151 Å². The number of primary sulfonamides is 1. The van der Waals surface area contributed by atoms with E-state index in [1.54, 1.807) is 18.3 Å². The van der Waals surface area contributed by atoms with Crippen molar-refractivity contribution in [2.75, 3.05) is 11.4 Å². The lowest BCUT2D eigenvalue weighted by Crippen LogP contribution is -2.20. The summed E-state index contributed by atoms with van der Waals surface area (Å²) in [6, 6.07) is 12.8. The topological polar surface area (TPSA) is 76.3 Å². The fourth-order valence-corrected chi connectivity index (χ4v) is 4.09. The summed E-state index contributed by atoms with van der Waals surface area (Å²) in [6.45, 7) is 1.41. The number of aromatic nitrogens is 1. The minimum absolute atomic E-state index is 0.151. The molecule has 0 atom stereocenters. The monoisotopic (exact) mass is 373 g/mol. The molecule has 2 heterocycles. The standard InChI is InChI=1S/C18H16ClN3O2S/c19-16-5-3-12-2-1-8-21-18(12)15(16)11-22-9-7-13-10-14(25(20,23)24)4-6-17(13)22/h1-6,8,10H,7,9,11H2,(H2,20,23,24). The Kier molecular flexibility index (Phi) is 3.91. The predicted octanol–water partition coefficient (Wildman–Crippen LogP) is 3.10. The van der Waals surface area contributed by atoms with Gasteiger partial charge in [-0.25, -0.2) is 13.6 Å². The molecular weight excluding hydrogens is 358 g/mol. The number of nitrogens with zero attached hydrogens (tertiary/aromatic N) is 2. The van der Waals surface area contributed by atoms with E-state index in [-0.39, 0.29) is 4.90 Å². The van der Waals surface area contributed by atoms with Crippen LogP contribution in [0.4, 0.5) is 5.69 Å². The number of benzene rings is 2. The van der Waals surface area contributed by atoms with Crippen molar-refractivity contribution in [3.05, 3.63) is 64.8 Å². The summed E-state index contributed by atoms with van der Waals surface area (Å²) in [6.07, 6.45) is 2.53. The average molecular weight is 374 g/mol. The number of fused-ring (bicyclic) bond motifs is 2. The maximum Gasteiger partial charge on any atom is 0.238 e. The van der Waals surface area contributed by atoms with Crippen LogP contribution in [0.25, 0.3) is 10.9 Å². The van der Waals surface area contributed by atoms with Gasteiger partial charge in [0.1, 0.15) is 0 Å². The first kappa shape index (κ1) is 16.3. The molecule has 4 rings (SSSR count). The summed E-state index contributed by atoms with van der Waals surface area (Å²) in [4.78, 5) is 6.82. The Morgan fingerprint density at radius 1 is 1.20 bits per heavy atom. The minimum atomic E-state index is -3.69. The summed E-state index contributed by atoms with van der Waals surface area (Å²) in [7, 11) is -3.69. The summed E-state index contributed by atoms with van der Waals surface area (Å²) >= 11 is 6.43. The molecule has 5 nitrogen and oxygen atoms in total. The molecule has 0 saturated carbocycles. The lowest BCUT2D eigenvalue weighted by molar-refractivity contribution is 0.597. The van der Waals surface area contributed by atoms with Gasteiger partial charge in [-0.05, 0) is 42.3 Å². The van der Waals surface area contributed by atoms with Gasteiger partial charge in [0.15, 0.2) is 0 Å². The molecule has 0 unspecified atom stereocenters. The quantitative estimate of drug-likeness (QED) is 0.765. The van der Waals surface area contributed by atoms with E-state index < -0.39 is 10.0 Å². The molecule has 3 aromatic rings. The van der Waals surface area contributed by atoms with Crippen molar-refractivity contribution < 1.29 is 8.42 Å². The van der Waals surface area contributed by atoms with Gasteiger partial charge in [0, 0.05) is 40.9 Å². The van der Waals surface area contributed by atoms with Gasteiger partial charge >= 0.3 is 0 Å². The van der Waals surface area contributed by atoms with E-state index in [4.69, 9.17) is 16.7 Å². The van der Waals surface area contributed by atoms with Crippen molar-refractivity contribution in [1.29, 1.82) is 0 Å². The van der Waals surface area contributed by atoms with Crippen molar-refractivity contribution in [1.82, 2.24) is 4.98 Å². The van der Waals surface area contributed by atoms with Gasteiger partial charge < -0.3 is 4.90 Å². The Balaban J connectivity index is 1.72. The number of hydrogen-bond donors (Lipinski definition) is 1. The van der Waals surface area contributed by atoms with Crippen LogP contribution in [-0.4, -0.2) is 19.9 Å². The SMILES string of the molecule is NS(=O)(=O)c1ccc2c(c1)CCN2Cc1c(Cl)ccc2cccnc12. The first-order chi connectivity index (χ1) is 11.9. The van der Waals surface area contributed by atoms with Crippen LogP contribution in [0.1, 0.15) is 11.1 Å². The van der Waals surface area contributed by atoms with E-state index in [0.29, 0.717) is 11.6 Å². The Morgan fingerprint density at radius 3 is 2.84 bits per heavy atom. The first-order valence-electron chi connectivity index (χ1n) is 7.86. The van der Waals surface area contributed by atoms with Crippen LogP contribution in [0.15, 0.2) is 53.6 Å². The van der Waals surface area contributed by atoms with Crippen molar-refractivity contribution in [2.24, 2.45) is 5.14 Å². The van der Waals surface area contributed by atoms with E-state index in [2.05, 4.69) is 9.88 Å². The fourth-order valence-electron chi connectivity index (χ4n) is 3.31. The highest BCUT2D eigenvalue weighted by molar-refractivity contribution is 7.89. The molecule has 2 aromatic carbocycles. The zero-order chi connectivity index (χ0) is 17.6. The molecule has 0 spiro atoms. The van der Waals surface area contributed by atoms with E-state index in [1.807, 2.05) is 30.3 Å². The summed E-state index contributed by atoms with van der Waals surface area (Å²) in [5, 5.41) is 6.95. The van der Waals surface area contributed by atoms with Gasteiger partial charge in [0.05, 0.1) is 10.4 Å². The lowest BCUT2D eigenvalue weighted by atomic mass is 10.1. The van der Waals surface area contributed by atoms with Crippen LogP contribution in [0.5, 0.6) is 0 Å². The zero-order valence-electron chi connectivity index (χ0n) is 13.3. The Morgan fingerprint density at radius 2 is 2.04 bits per heavy atom. The normalized spacial score (nSPS) is 14.1. The molecule has 128 valence electrons.